The summed E-state index contributed by atoms with van der Waals surface area (Å²) >= 11 is 0. The Morgan fingerprint density at radius 3 is 1.58 bits per heavy atom. The third-order valence-corrected chi connectivity index (χ3v) is 16.5. The number of alkyl halides is 13. The smallest absolute Gasteiger partial charge is 0.383 e. The highest BCUT2D eigenvalue weighted by atomic mass is 19.4. The fourth-order valence-corrected chi connectivity index (χ4v) is 12.3. The van der Waals surface area contributed by atoms with E-state index in [4.69, 9.17) is 9.47 Å². The van der Waals surface area contributed by atoms with Gasteiger partial charge in [-0.3, -0.25) is 0 Å². The predicted molar refractivity (Wildman–Crippen MR) is 183 cm³/mol. The minimum absolute atomic E-state index is 0.0650. The second kappa shape index (κ2) is 14.8. The molecule has 0 radical (unpaired) electrons. The molecule has 17 heteroatoms. The van der Waals surface area contributed by atoms with E-state index >= 15 is 0 Å². The summed E-state index contributed by atoms with van der Waals surface area (Å²) in [5.74, 6) is -10.7. The number of fused-ring (bicyclic) bond motifs is 4. The second-order valence-corrected chi connectivity index (χ2v) is 19.6. The van der Waals surface area contributed by atoms with Gasteiger partial charge in [-0.15, -0.1) is 0 Å². The molecule has 5 aliphatic carbocycles. The van der Waals surface area contributed by atoms with Gasteiger partial charge in [0.05, 0.1) is 0 Å². The van der Waals surface area contributed by atoms with Crippen LogP contribution in [-0.4, -0.2) is 70.3 Å². The summed E-state index contributed by atoms with van der Waals surface area (Å²) in [6.07, 6.45) is -10.8. The lowest BCUT2D eigenvalue weighted by atomic mass is 9.67. The van der Waals surface area contributed by atoms with Crippen LogP contribution in [0.1, 0.15) is 150 Å². The zero-order valence-corrected chi connectivity index (χ0v) is 33.4. The normalized spacial score (nSPS) is 39.4. The van der Waals surface area contributed by atoms with Gasteiger partial charge in [0.15, 0.2) is 11.9 Å². The summed E-state index contributed by atoms with van der Waals surface area (Å²) in [7, 11) is 0. The molecule has 0 aromatic heterocycles. The van der Waals surface area contributed by atoms with Crippen LogP contribution in [0.3, 0.4) is 0 Å². The van der Waals surface area contributed by atoms with Crippen LogP contribution in [-0.2, 0) is 9.47 Å². The van der Waals surface area contributed by atoms with Crippen molar-refractivity contribution in [3.63, 3.8) is 0 Å². The highest BCUT2D eigenvalue weighted by Gasteiger charge is 2.78. The molecular formula is C40H59F13O4. The maximum atomic E-state index is 14.5. The van der Waals surface area contributed by atoms with Gasteiger partial charge in [-0.1, -0.05) is 27.2 Å². The van der Waals surface area contributed by atoms with Gasteiger partial charge < -0.3 is 19.7 Å². The molecule has 6 rings (SSSR count). The van der Waals surface area contributed by atoms with Gasteiger partial charge in [0, 0.05) is 17.4 Å². The van der Waals surface area contributed by atoms with E-state index in [0.29, 0.717) is 71.8 Å². The maximum Gasteiger partial charge on any atom is 0.456 e. The van der Waals surface area contributed by atoms with Crippen molar-refractivity contribution in [1.82, 2.24) is 0 Å². The van der Waals surface area contributed by atoms with E-state index in [9.17, 15) is 67.3 Å². The Labute approximate surface area is 326 Å². The molecule has 7 unspecified atom stereocenters. The van der Waals surface area contributed by atoms with E-state index in [1.54, 1.807) is 0 Å². The number of hydrogen-bond donors (Lipinski definition) is 2. The summed E-state index contributed by atoms with van der Waals surface area (Å²) in [6, 6.07) is 0. The van der Waals surface area contributed by atoms with E-state index in [-0.39, 0.29) is 74.5 Å². The topological polar surface area (TPSA) is 58.9 Å². The van der Waals surface area contributed by atoms with Gasteiger partial charge in [-0.25, -0.2) is 0 Å². The van der Waals surface area contributed by atoms with Crippen LogP contribution in [0.4, 0.5) is 57.1 Å². The largest absolute Gasteiger partial charge is 0.456 e. The number of ether oxygens (including phenoxy) is 2. The summed E-state index contributed by atoms with van der Waals surface area (Å²) < 4.78 is 187. The molecule has 6 aliphatic rings. The van der Waals surface area contributed by atoms with Crippen molar-refractivity contribution in [3.05, 3.63) is 0 Å². The molecule has 1 heterocycles. The van der Waals surface area contributed by atoms with Crippen molar-refractivity contribution in [2.45, 2.75) is 204 Å². The van der Waals surface area contributed by atoms with Crippen molar-refractivity contribution in [1.29, 1.82) is 0 Å². The Morgan fingerprint density at radius 1 is 0.684 bits per heavy atom. The van der Waals surface area contributed by atoms with Crippen LogP contribution in [0, 0.1) is 39.4 Å². The predicted octanol–water partition coefficient (Wildman–Crippen LogP) is 12.5. The Kier molecular flexibility index (Phi) is 12.2. The number of aliphatic hydroxyl groups is 2. The molecule has 2 N–H and O–H groups in total. The van der Waals surface area contributed by atoms with Crippen molar-refractivity contribution in [2.24, 2.45) is 39.4 Å². The lowest BCUT2D eigenvalue weighted by molar-refractivity contribution is -0.359. The Morgan fingerprint density at radius 2 is 1.18 bits per heavy atom. The molecule has 57 heavy (non-hydrogen) atoms. The molecule has 1 aliphatic heterocycles. The van der Waals surface area contributed by atoms with Crippen LogP contribution in [0.2, 0.25) is 0 Å². The van der Waals surface area contributed by atoms with Gasteiger partial charge in [-0.2, -0.15) is 57.1 Å². The van der Waals surface area contributed by atoms with Crippen LogP contribution in [0.15, 0.2) is 0 Å². The molecule has 0 aromatic carbocycles. The van der Waals surface area contributed by atoms with E-state index in [2.05, 4.69) is 0 Å². The first-order chi connectivity index (χ1) is 25.7. The highest BCUT2D eigenvalue weighted by molar-refractivity contribution is 5.18. The minimum Gasteiger partial charge on any atom is -0.383 e. The molecule has 7 atom stereocenters. The molecule has 4 bridgehead atoms. The Hall–Kier alpha value is -1.07. The fraction of sp³-hybridized carbons (Fsp3) is 1.00. The monoisotopic (exact) mass is 850 g/mol. The molecule has 6 fully saturated rings. The van der Waals surface area contributed by atoms with Crippen molar-refractivity contribution in [2.75, 3.05) is 6.61 Å². The SMILES string of the molecule is CC12CCC(C(C)(O)C(F)(F)C(F)(F)F)(CC1)C2.CCC(CC(C)C12CCC(C(C)(O)C(F)(F)C(F)(F)F)(CC1)C2)C1CCC(OC2CCCCO2)(C(F)(F)F)C1. The Balaban J connectivity index is 0.000000287. The van der Waals surface area contributed by atoms with E-state index in [1.807, 2.05) is 20.8 Å². The molecule has 0 amide bonds. The Bertz CT molecular complexity index is 1400. The first kappa shape index (κ1) is 47.0. The molecular weight excluding hydrogens is 791 g/mol. The third-order valence-electron chi connectivity index (χ3n) is 16.5. The first-order valence-corrected chi connectivity index (χ1v) is 20.4. The van der Waals surface area contributed by atoms with Crippen LogP contribution in [0.5, 0.6) is 0 Å². The standard InChI is InChI=1S/C28H42F8O3.C12H17F5O/c1-4-19(20-8-9-25(16-20,27(31,32)33)39-21-7-5-6-14-38-21)15-18(2)23-10-12-24(17-23,13-11-23)22(3,37)26(29,30)28(34,35)36;1-8-3-5-10(7-8,6-4-8)9(2,18)11(13,14)12(15,16)17/h18-21,37H,4-17H2,1-3H3;18H,3-7H2,1-2H3. The molecule has 4 nitrogen and oxygen atoms in total. The molecule has 0 aromatic rings. The third kappa shape index (κ3) is 7.64. The first-order valence-electron chi connectivity index (χ1n) is 20.4. The zero-order valence-electron chi connectivity index (χ0n) is 33.4. The fourth-order valence-electron chi connectivity index (χ4n) is 12.3. The molecule has 5 saturated carbocycles. The average Bonchev–Trinajstić information content (AvgIpc) is 3.93. The summed E-state index contributed by atoms with van der Waals surface area (Å²) in [5, 5.41) is 20.7. The number of rotatable bonds is 11. The van der Waals surface area contributed by atoms with Gasteiger partial charge >= 0.3 is 30.4 Å². The number of hydrogen-bond acceptors (Lipinski definition) is 4. The zero-order chi connectivity index (χ0) is 43.2. The second-order valence-electron chi connectivity index (χ2n) is 19.6. The van der Waals surface area contributed by atoms with E-state index < -0.39 is 69.7 Å². The lowest BCUT2D eigenvalue weighted by Crippen LogP contribution is -2.63. The molecule has 334 valence electrons. The van der Waals surface area contributed by atoms with Gasteiger partial charge in [0.1, 0.15) is 11.2 Å². The number of halogens is 13. The summed E-state index contributed by atoms with van der Waals surface area (Å²) in [6.45, 7) is 7.41. The van der Waals surface area contributed by atoms with Crippen LogP contribution >= 0.6 is 0 Å². The van der Waals surface area contributed by atoms with E-state index in [1.165, 1.54) is 0 Å². The minimum atomic E-state index is -5.86. The van der Waals surface area contributed by atoms with Crippen molar-refractivity contribution < 1.29 is 76.8 Å². The average molecular weight is 851 g/mol. The highest BCUT2D eigenvalue weighted by Crippen LogP contribution is 2.72. The van der Waals surface area contributed by atoms with Gasteiger partial charge in [-0.05, 0) is 152 Å². The van der Waals surface area contributed by atoms with Crippen LogP contribution < -0.4 is 0 Å². The van der Waals surface area contributed by atoms with Crippen LogP contribution in [0.25, 0.3) is 0 Å². The van der Waals surface area contributed by atoms with Gasteiger partial charge in [0.2, 0.25) is 0 Å². The van der Waals surface area contributed by atoms with Gasteiger partial charge in [0.25, 0.3) is 0 Å². The molecule has 0 spiro atoms. The van der Waals surface area contributed by atoms with E-state index in [0.717, 1.165) is 12.8 Å². The molecule has 1 saturated heterocycles. The maximum absolute atomic E-state index is 14.5. The lowest BCUT2D eigenvalue weighted by Gasteiger charge is -2.46. The summed E-state index contributed by atoms with van der Waals surface area (Å²) in [4.78, 5) is 0. The quantitative estimate of drug-likeness (QED) is 0.203. The van der Waals surface area contributed by atoms with Crippen molar-refractivity contribution in [3.8, 4) is 0 Å². The summed E-state index contributed by atoms with van der Waals surface area (Å²) in [5.41, 5.74) is -12.1. The van der Waals surface area contributed by atoms with Crippen molar-refractivity contribution >= 4 is 0 Å².